The average molecular weight is 346 g/mol. The molecule has 1 aromatic rings. The molecule has 0 saturated carbocycles. The zero-order valence-electron chi connectivity index (χ0n) is 12.3. The van der Waals surface area contributed by atoms with E-state index in [1.165, 1.54) is 5.56 Å². The van der Waals surface area contributed by atoms with Gasteiger partial charge in [-0.15, -0.1) is 0 Å². The van der Waals surface area contributed by atoms with Gasteiger partial charge in [0.15, 0.2) is 0 Å². The van der Waals surface area contributed by atoms with Crippen LogP contribution in [0.2, 0.25) is 0 Å². The van der Waals surface area contributed by atoms with Gasteiger partial charge in [0.25, 0.3) is 0 Å². The molecular formula is C15H24BrNO3. The number of hydrogen-bond acceptors (Lipinski definition) is 4. The Kier molecular flexibility index (Phi) is 9.66. The summed E-state index contributed by atoms with van der Waals surface area (Å²) in [5, 5.41) is 3.32. The van der Waals surface area contributed by atoms with Crippen molar-refractivity contribution in [3.63, 3.8) is 0 Å². The molecule has 1 N–H and O–H groups in total. The third kappa shape index (κ3) is 7.24. The first-order valence-electron chi connectivity index (χ1n) is 6.87. The molecule has 114 valence electrons. The number of ether oxygens (including phenoxy) is 3. The summed E-state index contributed by atoms with van der Waals surface area (Å²) in [5.74, 6) is 0.892. The molecule has 0 spiro atoms. The van der Waals surface area contributed by atoms with E-state index in [9.17, 15) is 0 Å². The lowest BCUT2D eigenvalue weighted by Crippen LogP contribution is -2.18. The molecule has 1 rings (SSSR count). The van der Waals surface area contributed by atoms with Crippen LogP contribution in [0.3, 0.4) is 0 Å². The van der Waals surface area contributed by atoms with Crippen LogP contribution in [0.4, 0.5) is 0 Å². The van der Waals surface area contributed by atoms with Crippen LogP contribution in [0, 0.1) is 0 Å². The molecule has 1 aromatic carbocycles. The molecular weight excluding hydrogens is 322 g/mol. The van der Waals surface area contributed by atoms with Crippen molar-refractivity contribution < 1.29 is 14.2 Å². The van der Waals surface area contributed by atoms with Crippen molar-refractivity contribution in [2.45, 2.75) is 19.4 Å². The van der Waals surface area contributed by atoms with Crippen LogP contribution in [0.25, 0.3) is 0 Å². The van der Waals surface area contributed by atoms with Gasteiger partial charge in [0.2, 0.25) is 0 Å². The minimum atomic E-state index is 0.716. The molecule has 0 aliphatic rings. The van der Waals surface area contributed by atoms with Crippen LogP contribution in [-0.2, 0) is 16.0 Å². The van der Waals surface area contributed by atoms with Gasteiger partial charge in [-0.25, -0.2) is 0 Å². The first kappa shape index (κ1) is 17.4. The molecule has 0 heterocycles. The van der Waals surface area contributed by atoms with Crippen molar-refractivity contribution in [3.05, 3.63) is 28.2 Å². The third-order valence-electron chi connectivity index (χ3n) is 2.81. The highest BCUT2D eigenvalue weighted by atomic mass is 79.9. The van der Waals surface area contributed by atoms with Crippen LogP contribution in [0.5, 0.6) is 5.75 Å². The lowest BCUT2D eigenvalue weighted by Gasteiger charge is -2.10. The van der Waals surface area contributed by atoms with Gasteiger partial charge in [0.05, 0.1) is 17.7 Å². The average Bonchev–Trinajstić information content (AvgIpc) is 2.45. The van der Waals surface area contributed by atoms with Gasteiger partial charge in [-0.2, -0.15) is 0 Å². The maximum Gasteiger partial charge on any atom is 0.133 e. The number of benzene rings is 1. The van der Waals surface area contributed by atoms with Gasteiger partial charge in [-0.1, -0.05) is 6.07 Å². The second kappa shape index (κ2) is 11.1. The van der Waals surface area contributed by atoms with E-state index in [-0.39, 0.29) is 0 Å². The van der Waals surface area contributed by atoms with Gasteiger partial charge in [0.1, 0.15) is 5.75 Å². The number of methoxy groups -OCH3 is 2. The normalized spacial score (nSPS) is 10.8. The van der Waals surface area contributed by atoms with E-state index in [0.29, 0.717) is 6.61 Å². The molecule has 0 aliphatic heterocycles. The third-order valence-corrected chi connectivity index (χ3v) is 3.43. The second-order valence-corrected chi connectivity index (χ2v) is 5.34. The van der Waals surface area contributed by atoms with E-state index in [0.717, 1.165) is 49.4 Å². The quantitative estimate of drug-likeness (QED) is 0.626. The Bertz CT molecular complexity index is 374. The summed E-state index contributed by atoms with van der Waals surface area (Å²) in [6, 6.07) is 6.17. The van der Waals surface area contributed by atoms with Crippen molar-refractivity contribution in [1.82, 2.24) is 5.32 Å². The van der Waals surface area contributed by atoms with Crippen molar-refractivity contribution in [2.24, 2.45) is 0 Å². The summed E-state index contributed by atoms with van der Waals surface area (Å²) in [6.07, 6.45) is 2.02. The second-order valence-electron chi connectivity index (χ2n) is 4.48. The summed E-state index contributed by atoms with van der Waals surface area (Å²) >= 11 is 3.55. The molecule has 5 heteroatoms. The number of hydrogen-bond donors (Lipinski definition) is 1. The van der Waals surface area contributed by atoms with Crippen molar-refractivity contribution in [1.29, 1.82) is 0 Å². The fourth-order valence-electron chi connectivity index (χ4n) is 1.71. The number of unbranched alkanes of at least 4 members (excludes halogenated alkanes) is 1. The fraction of sp³-hybridized carbons (Fsp3) is 0.600. The highest BCUT2D eigenvalue weighted by Crippen LogP contribution is 2.26. The Labute approximate surface area is 129 Å². The molecule has 0 atom stereocenters. The summed E-state index contributed by atoms with van der Waals surface area (Å²) in [5.41, 5.74) is 1.22. The van der Waals surface area contributed by atoms with E-state index in [1.54, 1.807) is 14.2 Å². The first-order chi connectivity index (χ1) is 9.77. The van der Waals surface area contributed by atoms with E-state index < -0.39 is 0 Å². The van der Waals surface area contributed by atoms with Crippen LogP contribution < -0.4 is 10.1 Å². The number of nitrogens with one attached hydrogen (secondary N) is 1. The first-order valence-corrected chi connectivity index (χ1v) is 7.67. The van der Waals surface area contributed by atoms with Gasteiger partial charge in [-0.05, 0) is 46.5 Å². The monoisotopic (exact) mass is 345 g/mol. The summed E-state index contributed by atoms with van der Waals surface area (Å²) in [4.78, 5) is 0. The SMILES string of the molecule is COCCCCOc1ccc(CNCCOC)cc1Br. The maximum atomic E-state index is 5.74. The highest BCUT2D eigenvalue weighted by Gasteiger charge is 2.02. The highest BCUT2D eigenvalue weighted by molar-refractivity contribution is 9.10. The van der Waals surface area contributed by atoms with Gasteiger partial charge in [0, 0.05) is 33.9 Å². The van der Waals surface area contributed by atoms with Crippen LogP contribution in [0.1, 0.15) is 18.4 Å². The molecule has 4 nitrogen and oxygen atoms in total. The van der Waals surface area contributed by atoms with Crippen molar-refractivity contribution in [3.8, 4) is 5.75 Å². The fourth-order valence-corrected chi connectivity index (χ4v) is 2.25. The van der Waals surface area contributed by atoms with Crippen LogP contribution in [0.15, 0.2) is 22.7 Å². The smallest absolute Gasteiger partial charge is 0.133 e. The maximum absolute atomic E-state index is 5.74. The Morgan fingerprint density at radius 3 is 2.50 bits per heavy atom. The van der Waals surface area contributed by atoms with Gasteiger partial charge < -0.3 is 19.5 Å². The van der Waals surface area contributed by atoms with Gasteiger partial charge in [-0.3, -0.25) is 0 Å². The van der Waals surface area contributed by atoms with Gasteiger partial charge >= 0.3 is 0 Å². The predicted octanol–water partition coefficient (Wildman–Crippen LogP) is 2.99. The molecule has 0 fully saturated rings. The molecule has 0 amide bonds. The van der Waals surface area contributed by atoms with E-state index in [1.807, 2.05) is 6.07 Å². The minimum Gasteiger partial charge on any atom is -0.492 e. The number of rotatable bonds is 11. The summed E-state index contributed by atoms with van der Waals surface area (Å²) in [7, 11) is 3.42. The van der Waals surface area contributed by atoms with E-state index >= 15 is 0 Å². The Balaban J connectivity index is 2.31. The largest absolute Gasteiger partial charge is 0.492 e. The standard InChI is InChI=1S/C15H24BrNO3/c1-18-8-3-4-9-20-15-6-5-13(11-14(15)16)12-17-7-10-19-2/h5-6,11,17H,3-4,7-10,12H2,1-2H3. The topological polar surface area (TPSA) is 39.7 Å². The van der Waals surface area contributed by atoms with Crippen LogP contribution >= 0.6 is 15.9 Å². The molecule has 0 aromatic heterocycles. The Morgan fingerprint density at radius 2 is 1.80 bits per heavy atom. The Hall–Kier alpha value is -0.620. The molecule has 0 unspecified atom stereocenters. The van der Waals surface area contributed by atoms with E-state index in [4.69, 9.17) is 14.2 Å². The molecule has 0 bridgehead atoms. The molecule has 0 radical (unpaired) electrons. The molecule has 0 saturated heterocycles. The Morgan fingerprint density at radius 1 is 1.05 bits per heavy atom. The molecule has 20 heavy (non-hydrogen) atoms. The minimum absolute atomic E-state index is 0.716. The van der Waals surface area contributed by atoms with Crippen molar-refractivity contribution >= 4 is 15.9 Å². The molecule has 0 aliphatic carbocycles. The predicted molar refractivity (Wildman–Crippen MR) is 84.3 cm³/mol. The summed E-state index contributed by atoms with van der Waals surface area (Å²) < 4.78 is 16.7. The lowest BCUT2D eigenvalue weighted by molar-refractivity contribution is 0.184. The number of halogens is 1. The lowest BCUT2D eigenvalue weighted by atomic mass is 10.2. The van der Waals surface area contributed by atoms with Crippen LogP contribution in [-0.4, -0.2) is 40.6 Å². The van der Waals surface area contributed by atoms with Crippen molar-refractivity contribution in [2.75, 3.05) is 40.6 Å². The van der Waals surface area contributed by atoms with E-state index in [2.05, 4.69) is 33.4 Å². The zero-order valence-corrected chi connectivity index (χ0v) is 13.9. The zero-order chi connectivity index (χ0) is 14.6. The summed E-state index contributed by atoms with van der Waals surface area (Å²) in [6.45, 7) is 3.91.